The number of rotatable bonds is 49. The predicted octanol–water partition coefficient (Wildman–Crippen LogP) is 18.0. The van der Waals surface area contributed by atoms with E-state index >= 15 is 0 Å². The molecule has 0 aromatic rings. The molecule has 0 aliphatic rings. The van der Waals surface area contributed by atoms with Gasteiger partial charge in [-0.25, -0.2) is 0 Å². The summed E-state index contributed by atoms with van der Waals surface area (Å²) in [5, 5.41) is 8.66. The lowest BCUT2D eigenvalue weighted by molar-refractivity contribution is -0.141. The van der Waals surface area contributed by atoms with E-state index in [1.807, 2.05) is 0 Å². The van der Waals surface area contributed by atoms with Crippen LogP contribution in [0.2, 0.25) is 0 Å². The van der Waals surface area contributed by atoms with Crippen LogP contribution in [-0.4, -0.2) is 24.2 Å². The van der Waals surface area contributed by atoms with Crippen LogP contribution in [0.5, 0.6) is 0 Å². The number of carboxylic acids is 1. The second kappa shape index (κ2) is 49.1. The molecule has 0 aromatic carbocycles. The monoisotopic (exact) mass is 777 g/mol. The summed E-state index contributed by atoms with van der Waals surface area (Å²) in [7, 11) is 1.48. The number of carbonyl (C=O) groups excluding carboxylic acids is 1. The lowest BCUT2D eigenvalue weighted by atomic mass is 10.0. The quantitative estimate of drug-likeness (QED) is 0.0494. The minimum Gasteiger partial charge on any atom is -0.481 e. The van der Waals surface area contributed by atoms with E-state index < -0.39 is 5.97 Å². The zero-order valence-corrected chi connectivity index (χ0v) is 37.6. The topological polar surface area (TPSA) is 63.6 Å². The Morgan fingerprint density at radius 2 is 0.382 bits per heavy atom. The average molecular weight is 777 g/mol. The molecule has 0 heterocycles. The van der Waals surface area contributed by atoms with Crippen LogP contribution in [0.1, 0.15) is 308 Å². The molecule has 55 heavy (non-hydrogen) atoms. The van der Waals surface area contributed by atoms with Crippen molar-refractivity contribution in [1.29, 1.82) is 0 Å². The Morgan fingerprint density at radius 3 is 0.509 bits per heavy atom. The number of methoxy groups -OCH3 is 1. The first-order chi connectivity index (χ1) is 27.2. The summed E-state index contributed by atoms with van der Waals surface area (Å²) in [4.78, 5) is 21.6. The highest BCUT2D eigenvalue weighted by molar-refractivity contribution is 5.69. The van der Waals surface area contributed by atoms with E-state index in [9.17, 15) is 9.59 Å². The van der Waals surface area contributed by atoms with Gasteiger partial charge in [0.1, 0.15) is 0 Å². The molecule has 4 heteroatoms. The number of esters is 1. The van der Waals surface area contributed by atoms with Gasteiger partial charge in [0.15, 0.2) is 0 Å². The van der Waals surface area contributed by atoms with Gasteiger partial charge in [-0.2, -0.15) is 0 Å². The molecule has 0 radical (unpaired) electrons. The molecule has 0 amide bonds. The first-order valence-corrected chi connectivity index (χ1v) is 25.5. The fourth-order valence-electron chi connectivity index (χ4n) is 8.43. The van der Waals surface area contributed by atoms with Gasteiger partial charge < -0.3 is 9.84 Å². The molecule has 328 valence electrons. The third kappa shape index (κ3) is 50.9. The Balaban J connectivity index is 3.07. The van der Waals surface area contributed by atoms with Crippen LogP contribution >= 0.6 is 0 Å². The van der Waals surface area contributed by atoms with Gasteiger partial charge in [0.2, 0.25) is 0 Å². The van der Waals surface area contributed by atoms with Gasteiger partial charge in [-0.15, -0.1) is 0 Å². The molecule has 0 rings (SSSR count). The molecule has 0 unspecified atom stereocenters. The molecule has 0 aliphatic heterocycles. The maximum Gasteiger partial charge on any atom is 0.305 e. The SMILES string of the molecule is COC(=O)CCCCCCCCCCCCCCCCCCCCCCCCCCCCCCCCCCCCCCCCCCCCCCCCC(=O)O. The molecule has 0 atom stereocenters. The number of carbonyl (C=O) groups is 2. The number of hydrogen-bond acceptors (Lipinski definition) is 3. The van der Waals surface area contributed by atoms with Crippen molar-refractivity contribution in [1.82, 2.24) is 0 Å². The molecule has 0 saturated carbocycles. The van der Waals surface area contributed by atoms with Crippen LogP contribution in [0.25, 0.3) is 0 Å². The smallest absolute Gasteiger partial charge is 0.305 e. The first-order valence-electron chi connectivity index (χ1n) is 25.5. The van der Waals surface area contributed by atoms with Gasteiger partial charge in [-0.3, -0.25) is 9.59 Å². The summed E-state index contributed by atoms with van der Waals surface area (Å²) in [5.41, 5.74) is 0. The van der Waals surface area contributed by atoms with Crippen LogP contribution in [0.4, 0.5) is 0 Å². The molecule has 0 saturated heterocycles. The van der Waals surface area contributed by atoms with Gasteiger partial charge >= 0.3 is 11.9 Å². The first kappa shape index (κ1) is 53.9. The van der Waals surface area contributed by atoms with Crippen molar-refractivity contribution in [3.63, 3.8) is 0 Å². The van der Waals surface area contributed by atoms with Crippen LogP contribution in [0.15, 0.2) is 0 Å². The third-order valence-corrected chi connectivity index (χ3v) is 12.2. The summed E-state index contributed by atoms with van der Waals surface area (Å²) < 4.78 is 4.69. The van der Waals surface area contributed by atoms with Crippen molar-refractivity contribution in [2.24, 2.45) is 0 Å². The highest BCUT2D eigenvalue weighted by Gasteiger charge is 2.01. The van der Waals surface area contributed by atoms with Gasteiger partial charge in [0, 0.05) is 12.8 Å². The zero-order valence-electron chi connectivity index (χ0n) is 37.6. The van der Waals surface area contributed by atoms with Crippen LogP contribution in [0, 0.1) is 0 Å². The molecule has 0 fully saturated rings. The number of aliphatic carboxylic acids is 1. The van der Waals surface area contributed by atoms with Crippen molar-refractivity contribution >= 4 is 11.9 Å². The predicted molar refractivity (Wildman–Crippen MR) is 241 cm³/mol. The minimum absolute atomic E-state index is 0.0616. The lowest BCUT2D eigenvalue weighted by Crippen LogP contribution is -1.99. The van der Waals surface area contributed by atoms with E-state index in [1.165, 1.54) is 283 Å². The van der Waals surface area contributed by atoms with Gasteiger partial charge in [0.25, 0.3) is 0 Å². The standard InChI is InChI=1S/C51H100O4/c1-55-51(54)49-47-45-43-41-39-37-35-33-31-29-27-25-23-21-19-17-15-13-11-9-7-5-3-2-4-6-8-10-12-14-16-18-20-22-24-26-28-30-32-34-36-38-40-42-44-46-48-50(52)53/h2-49H2,1H3,(H,52,53). The molecule has 4 nitrogen and oxygen atoms in total. The maximum absolute atomic E-state index is 11.1. The number of carboxylic acid groups (broad SMARTS) is 1. The zero-order chi connectivity index (χ0) is 39.8. The molecule has 0 spiro atoms. The average Bonchev–Trinajstić information content (AvgIpc) is 3.18. The van der Waals surface area contributed by atoms with Crippen LogP contribution in [-0.2, 0) is 14.3 Å². The Hall–Kier alpha value is -1.06. The van der Waals surface area contributed by atoms with Crippen molar-refractivity contribution in [3.05, 3.63) is 0 Å². The van der Waals surface area contributed by atoms with Crippen molar-refractivity contribution < 1.29 is 19.4 Å². The molecule has 0 aliphatic carbocycles. The third-order valence-electron chi connectivity index (χ3n) is 12.2. The maximum atomic E-state index is 11.1. The highest BCUT2D eigenvalue weighted by atomic mass is 16.5. The Morgan fingerprint density at radius 1 is 0.255 bits per heavy atom. The summed E-state index contributed by atoms with van der Waals surface area (Å²) >= 11 is 0. The highest BCUT2D eigenvalue weighted by Crippen LogP contribution is 2.18. The van der Waals surface area contributed by atoms with E-state index in [0.29, 0.717) is 12.8 Å². The van der Waals surface area contributed by atoms with E-state index in [0.717, 1.165) is 19.3 Å². The van der Waals surface area contributed by atoms with Crippen LogP contribution in [0.3, 0.4) is 0 Å². The van der Waals surface area contributed by atoms with E-state index in [-0.39, 0.29) is 5.97 Å². The van der Waals surface area contributed by atoms with Crippen LogP contribution < -0.4 is 0 Å². The van der Waals surface area contributed by atoms with E-state index in [2.05, 4.69) is 0 Å². The summed E-state index contributed by atoms with van der Waals surface area (Å²) in [6, 6.07) is 0. The lowest BCUT2D eigenvalue weighted by Gasteiger charge is -2.05. The van der Waals surface area contributed by atoms with E-state index in [4.69, 9.17) is 9.84 Å². The summed E-state index contributed by atoms with van der Waals surface area (Å²) in [6.45, 7) is 0. The Labute approximate surface area is 345 Å². The summed E-state index contributed by atoms with van der Waals surface area (Å²) in [5.74, 6) is -0.710. The van der Waals surface area contributed by atoms with Crippen molar-refractivity contribution in [2.45, 2.75) is 308 Å². The number of hydrogen-bond donors (Lipinski definition) is 1. The molecular weight excluding hydrogens is 677 g/mol. The normalized spacial score (nSPS) is 11.4. The van der Waals surface area contributed by atoms with Gasteiger partial charge in [-0.05, 0) is 12.8 Å². The molecule has 1 N–H and O–H groups in total. The Bertz CT molecular complexity index is 736. The van der Waals surface area contributed by atoms with E-state index in [1.54, 1.807) is 0 Å². The second-order valence-electron chi connectivity index (χ2n) is 17.7. The fourth-order valence-corrected chi connectivity index (χ4v) is 8.43. The number of ether oxygens (including phenoxy) is 1. The molecule has 0 aromatic heterocycles. The van der Waals surface area contributed by atoms with Gasteiger partial charge in [0.05, 0.1) is 7.11 Å². The largest absolute Gasteiger partial charge is 0.481 e. The number of unbranched alkanes of at least 4 members (excludes halogenated alkanes) is 45. The van der Waals surface area contributed by atoms with Gasteiger partial charge in [-0.1, -0.05) is 283 Å². The summed E-state index contributed by atoms with van der Waals surface area (Å²) in [6.07, 6.45) is 65.1. The molecule has 0 bridgehead atoms. The minimum atomic E-state index is -0.649. The molecular formula is C51H100O4. The Kier molecular flexibility index (Phi) is 48.1. The van der Waals surface area contributed by atoms with Crippen molar-refractivity contribution in [2.75, 3.05) is 7.11 Å². The fraction of sp³-hybridized carbons (Fsp3) is 0.961. The van der Waals surface area contributed by atoms with Crippen molar-refractivity contribution in [3.8, 4) is 0 Å². The second-order valence-corrected chi connectivity index (χ2v) is 17.7.